The van der Waals surface area contributed by atoms with Crippen molar-refractivity contribution in [2.75, 3.05) is 6.61 Å². The number of esters is 1. The highest BCUT2D eigenvalue weighted by Crippen LogP contribution is 2.22. The Morgan fingerprint density at radius 1 is 1.37 bits per heavy atom. The fourth-order valence-electron chi connectivity index (χ4n) is 1.56. The van der Waals surface area contributed by atoms with E-state index in [-0.39, 0.29) is 5.97 Å². The Morgan fingerprint density at radius 2 is 2.16 bits per heavy atom. The number of carbonyl (C=O) groups excluding carboxylic acids is 1. The van der Waals surface area contributed by atoms with Gasteiger partial charge in [0.05, 0.1) is 18.5 Å². The van der Waals surface area contributed by atoms with Crippen molar-refractivity contribution >= 4 is 17.7 Å². The predicted octanol–water partition coefficient (Wildman–Crippen LogP) is 1.02. The van der Waals surface area contributed by atoms with Crippen LogP contribution >= 0.6 is 11.8 Å². The van der Waals surface area contributed by atoms with Crippen LogP contribution < -0.4 is 0 Å². The Balaban J connectivity index is 2.13. The molecular formula is C11H15N5O2S. The molecule has 102 valence electrons. The maximum absolute atomic E-state index is 11.8. The lowest BCUT2D eigenvalue weighted by atomic mass is 10.3. The molecule has 0 atom stereocenters. The van der Waals surface area contributed by atoms with Gasteiger partial charge in [-0.2, -0.15) is 10.2 Å². The van der Waals surface area contributed by atoms with Gasteiger partial charge in [-0.15, -0.1) is 0 Å². The third kappa shape index (κ3) is 2.95. The summed E-state index contributed by atoms with van der Waals surface area (Å²) in [4.78, 5) is 15.9. The van der Waals surface area contributed by atoms with Crippen molar-refractivity contribution in [2.45, 2.75) is 17.8 Å². The highest BCUT2D eigenvalue weighted by Gasteiger charge is 2.17. The minimum Gasteiger partial charge on any atom is -0.462 e. The zero-order valence-corrected chi connectivity index (χ0v) is 11.8. The zero-order valence-electron chi connectivity index (χ0n) is 11.0. The van der Waals surface area contributed by atoms with Crippen molar-refractivity contribution in [3.8, 4) is 0 Å². The molecule has 2 rings (SSSR count). The molecule has 2 heterocycles. The van der Waals surface area contributed by atoms with Gasteiger partial charge in [-0.25, -0.2) is 14.5 Å². The SMILES string of the molecule is CCOC(=O)c1cnn(C)c1CSc1ncnn1C. The van der Waals surface area contributed by atoms with Gasteiger partial charge in [-0.05, 0) is 6.92 Å². The summed E-state index contributed by atoms with van der Waals surface area (Å²) in [5.74, 6) is 0.237. The fraction of sp³-hybridized carbons (Fsp3) is 0.455. The lowest BCUT2D eigenvalue weighted by Gasteiger charge is -2.05. The molecule has 8 heteroatoms. The Labute approximate surface area is 115 Å². The maximum Gasteiger partial charge on any atom is 0.341 e. The average Bonchev–Trinajstić information content (AvgIpc) is 2.94. The number of hydrogen-bond donors (Lipinski definition) is 0. The van der Waals surface area contributed by atoms with E-state index in [2.05, 4.69) is 15.2 Å². The van der Waals surface area contributed by atoms with Crippen LogP contribution in [-0.2, 0) is 24.6 Å². The summed E-state index contributed by atoms with van der Waals surface area (Å²) in [5.41, 5.74) is 1.31. The molecule has 0 N–H and O–H groups in total. The molecule has 0 amide bonds. The van der Waals surface area contributed by atoms with Crippen LogP contribution in [0.5, 0.6) is 0 Å². The van der Waals surface area contributed by atoms with Gasteiger partial charge in [0.2, 0.25) is 0 Å². The number of aromatic nitrogens is 5. The van der Waals surface area contributed by atoms with Gasteiger partial charge in [0.25, 0.3) is 0 Å². The van der Waals surface area contributed by atoms with Crippen molar-refractivity contribution in [1.29, 1.82) is 0 Å². The largest absolute Gasteiger partial charge is 0.462 e. The number of aryl methyl sites for hydroxylation is 2. The summed E-state index contributed by atoms with van der Waals surface area (Å²) in [6, 6.07) is 0. The number of rotatable bonds is 5. The molecule has 2 aromatic rings. The van der Waals surface area contributed by atoms with Crippen molar-refractivity contribution in [3.05, 3.63) is 23.8 Å². The van der Waals surface area contributed by atoms with Crippen LogP contribution in [0.15, 0.2) is 17.7 Å². The summed E-state index contributed by atoms with van der Waals surface area (Å²) < 4.78 is 8.37. The van der Waals surface area contributed by atoms with Gasteiger partial charge >= 0.3 is 5.97 Å². The summed E-state index contributed by atoms with van der Waals surface area (Å²) in [7, 11) is 3.63. The lowest BCUT2D eigenvalue weighted by molar-refractivity contribution is 0.0525. The van der Waals surface area contributed by atoms with E-state index in [9.17, 15) is 4.79 Å². The number of hydrogen-bond acceptors (Lipinski definition) is 6. The molecule has 0 aliphatic heterocycles. The van der Waals surface area contributed by atoms with Crippen LogP contribution in [0.1, 0.15) is 23.0 Å². The highest BCUT2D eigenvalue weighted by atomic mass is 32.2. The minimum absolute atomic E-state index is 0.343. The standard InChI is InChI=1S/C11H15N5O2S/c1-4-18-10(17)8-5-13-15(2)9(8)6-19-11-12-7-14-16(11)3/h5,7H,4,6H2,1-3H3. The molecule has 7 nitrogen and oxygen atoms in total. The first kappa shape index (κ1) is 13.6. The molecule has 0 radical (unpaired) electrons. The molecule has 0 bridgehead atoms. The number of thioether (sulfide) groups is 1. The molecule has 0 unspecified atom stereocenters. The first-order valence-corrected chi connectivity index (χ1v) is 6.76. The summed E-state index contributed by atoms with van der Waals surface area (Å²) in [5, 5.41) is 8.89. The molecule has 0 fully saturated rings. The summed E-state index contributed by atoms with van der Waals surface area (Å²) in [6.07, 6.45) is 3.03. The maximum atomic E-state index is 11.8. The molecule has 0 saturated heterocycles. The Kier molecular flexibility index (Phi) is 4.20. The quantitative estimate of drug-likeness (QED) is 0.601. The van der Waals surface area contributed by atoms with Crippen molar-refractivity contribution in [2.24, 2.45) is 14.1 Å². The van der Waals surface area contributed by atoms with E-state index in [0.29, 0.717) is 17.9 Å². The van der Waals surface area contributed by atoms with Gasteiger partial charge in [0.1, 0.15) is 11.9 Å². The Hall–Kier alpha value is -1.83. The molecule has 0 aliphatic rings. The molecule has 0 spiro atoms. The molecular weight excluding hydrogens is 266 g/mol. The lowest BCUT2D eigenvalue weighted by Crippen LogP contribution is -2.08. The van der Waals surface area contributed by atoms with Crippen molar-refractivity contribution in [1.82, 2.24) is 24.5 Å². The molecule has 2 aromatic heterocycles. The zero-order chi connectivity index (χ0) is 13.8. The van der Waals surface area contributed by atoms with E-state index in [4.69, 9.17) is 4.74 Å². The second-order valence-electron chi connectivity index (χ2n) is 3.80. The molecule has 19 heavy (non-hydrogen) atoms. The van der Waals surface area contributed by atoms with Gasteiger partial charge < -0.3 is 4.74 Å². The van der Waals surface area contributed by atoms with Crippen LogP contribution in [-0.4, -0.2) is 37.1 Å². The molecule has 0 aromatic carbocycles. The topological polar surface area (TPSA) is 74.8 Å². The third-order valence-corrected chi connectivity index (χ3v) is 3.61. The Bertz CT molecular complexity index is 577. The van der Waals surface area contributed by atoms with Gasteiger partial charge in [0, 0.05) is 19.8 Å². The van der Waals surface area contributed by atoms with Crippen LogP contribution in [0.3, 0.4) is 0 Å². The van der Waals surface area contributed by atoms with Crippen molar-refractivity contribution in [3.63, 3.8) is 0 Å². The van der Waals surface area contributed by atoms with Crippen LogP contribution in [0.2, 0.25) is 0 Å². The van der Waals surface area contributed by atoms with Crippen LogP contribution in [0.25, 0.3) is 0 Å². The smallest absolute Gasteiger partial charge is 0.341 e. The second kappa shape index (κ2) is 5.87. The fourth-order valence-corrected chi connectivity index (χ4v) is 2.53. The van der Waals surface area contributed by atoms with E-state index in [0.717, 1.165) is 10.9 Å². The van der Waals surface area contributed by atoms with E-state index in [1.807, 2.05) is 7.05 Å². The Morgan fingerprint density at radius 3 is 2.79 bits per heavy atom. The average molecular weight is 281 g/mol. The predicted molar refractivity (Wildman–Crippen MR) is 69.7 cm³/mol. The first-order chi connectivity index (χ1) is 9.13. The van der Waals surface area contributed by atoms with Gasteiger partial charge in [0.15, 0.2) is 5.16 Å². The summed E-state index contributed by atoms with van der Waals surface area (Å²) in [6.45, 7) is 2.13. The normalized spacial score (nSPS) is 10.7. The third-order valence-electron chi connectivity index (χ3n) is 2.56. The second-order valence-corrected chi connectivity index (χ2v) is 4.75. The molecule has 0 aliphatic carbocycles. The molecule has 0 saturated carbocycles. The van der Waals surface area contributed by atoms with Gasteiger partial charge in [-0.3, -0.25) is 4.68 Å². The van der Waals surface area contributed by atoms with E-state index in [1.54, 1.807) is 23.3 Å². The van der Waals surface area contributed by atoms with E-state index in [1.165, 1.54) is 24.3 Å². The monoisotopic (exact) mass is 281 g/mol. The van der Waals surface area contributed by atoms with Crippen LogP contribution in [0.4, 0.5) is 0 Å². The van der Waals surface area contributed by atoms with Crippen LogP contribution in [0, 0.1) is 0 Å². The number of nitrogens with zero attached hydrogens (tertiary/aromatic N) is 5. The number of ether oxygens (including phenoxy) is 1. The van der Waals surface area contributed by atoms with Crippen molar-refractivity contribution < 1.29 is 9.53 Å². The minimum atomic E-state index is -0.343. The number of carbonyl (C=O) groups is 1. The van der Waals surface area contributed by atoms with E-state index >= 15 is 0 Å². The van der Waals surface area contributed by atoms with E-state index < -0.39 is 0 Å². The summed E-state index contributed by atoms with van der Waals surface area (Å²) >= 11 is 1.50. The van der Waals surface area contributed by atoms with Gasteiger partial charge in [-0.1, -0.05) is 11.8 Å². The first-order valence-electron chi connectivity index (χ1n) is 5.78. The highest BCUT2D eigenvalue weighted by molar-refractivity contribution is 7.98.